The number of hydrogen-bond donors (Lipinski definition) is 2. The van der Waals surface area contributed by atoms with E-state index in [0.717, 1.165) is 5.39 Å². The summed E-state index contributed by atoms with van der Waals surface area (Å²) >= 11 is 0. The van der Waals surface area contributed by atoms with Crippen molar-refractivity contribution in [2.75, 3.05) is 12.4 Å². The van der Waals surface area contributed by atoms with Gasteiger partial charge in [0, 0.05) is 18.0 Å². The van der Waals surface area contributed by atoms with Gasteiger partial charge in [0.25, 0.3) is 5.56 Å². The van der Waals surface area contributed by atoms with E-state index in [9.17, 15) is 9.59 Å². The fraction of sp³-hybridized carbons (Fsp3) is 0.375. The second-order valence-electron chi connectivity index (χ2n) is 3.62. The summed E-state index contributed by atoms with van der Waals surface area (Å²) in [4.78, 5) is 25.6. The Balaban J connectivity index is 0.000000829. The predicted molar refractivity (Wildman–Crippen MR) is 86.8 cm³/mol. The summed E-state index contributed by atoms with van der Waals surface area (Å²) in [6.45, 7) is 9.51. The van der Waals surface area contributed by atoms with Crippen LogP contribution in [0.15, 0.2) is 29.1 Å². The van der Waals surface area contributed by atoms with E-state index in [1.807, 2.05) is 33.8 Å². The zero-order valence-corrected chi connectivity index (χ0v) is 13.1. The molecule has 1 aromatic heterocycles. The molecule has 0 fully saturated rings. The lowest BCUT2D eigenvalue weighted by Crippen LogP contribution is -2.09. The van der Waals surface area contributed by atoms with E-state index in [1.165, 1.54) is 6.92 Å². The van der Waals surface area contributed by atoms with E-state index in [4.69, 9.17) is 0 Å². The fourth-order valence-electron chi connectivity index (χ4n) is 1.62. The maximum absolute atomic E-state index is 11.7. The third kappa shape index (κ3) is 4.23. The van der Waals surface area contributed by atoms with Crippen LogP contribution in [0.25, 0.3) is 10.8 Å². The summed E-state index contributed by atoms with van der Waals surface area (Å²) in [5.41, 5.74) is 0.456. The lowest BCUT2D eigenvalue weighted by molar-refractivity contribution is 0.101. The van der Waals surface area contributed by atoms with E-state index in [0.29, 0.717) is 16.8 Å². The molecule has 110 valence electrons. The molecule has 0 saturated carbocycles. The Bertz CT molecular complexity index is 615. The van der Waals surface area contributed by atoms with Crippen LogP contribution in [0, 0.1) is 0 Å². The first kappa shape index (κ1) is 17.9. The van der Waals surface area contributed by atoms with Gasteiger partial charge in [0.05, 0.1) is 0 Å². The van der Waals surface area contributed by atoms with Gasteiger partial charge in [-0.25, -0.2) is 0 Å². The van der Waals surface area contributed by atoms with Gasteiger partial charge in [-0.15, -0.1) is 0 Å². The van der Waals surface area contributed by atoms with Gasteiger partial charge < -0.3 is 10.3 Å². The molecule has 4 nitrogen and oxygen atoms in total. The SMILES string of the molecule is CC.CC.CNc1cc2cc(C(C)=O)ccc2c(=O)[nH]1. The molecule has 0 aliphatic carbocycles. The molecule has 0 atom stereocenters. The molecule has 0 unspecified atom stereocenters. The summed E-state index contributed by atoms with van der Waals surface area (Å²) in [6, 6.07) is 6.88. The number of ketones is 1. The van der Waals surface area contributed by atoms with E-state index >= 15 is 0 Å². The van der Waals surface area contributed by atoms with E-state index in [1.54, 1.807) is 25.2 Å². The Labute approximate surface area is 120 Å². The second kappa shape index (κ2) is 8.91. The molecule has 0 saturated heterocycles. The van der Waals surface area contributed by atoms with Crippen molar-refractivity contribution >= 4 is 22.4 Å². The molecule has 0 amide bonds. The maximum atomic E-state index is 11.7. The summed E-state index contributed by atoms with van der Waals surface area (Å²) in [5.74, 6) is 0.631. The molecule has 4 heteroatoms. The molecule has 1 aromatic carbocycles. The van der Waals surface area contributed by atoms with Crippen molar-refractivity contribution in [2.45, 2.75) is 34.6 Å². The van der Waals surface area contributed by atoms with E-state index in [-0.39, 0.29) is 11.3 Å². The van der Waals surface area contributed by atoms with Crippen molar-refractivity contribution in [1.29, 1.82) is 0 Å². The third-order valence-electron chi connectivity index (χ3n) is 2.52. The van der Waals surface area contributed by atoms with Crippen LogP contribution in [0.1, 0.15) is 45.0 Å². The molecule has 20 heavy (non-hydrogen) atoms. The number of Topliss-reactive ketones (excluding diaryl/α,β-unsaturated/α-hetero) is 1. The second-order valence-corrected chi connectivity index (χ2v) is 3.62. The number of pyridine rings is 1. The van der Waals surface area contributed by atoms with Crippen LogP contribution < -0.4 is 10.9 Å². The van der Waals surface area contributed by atoms with Gasteiger partial charge in [-0.05, 0) is 30.5 Å². The van der Waals surface area contributed by atoms with E-state index < -0.39 is 0 Å². The monoisotopic (exact) mass is 276 g/mol. The van der Waals surface area contributed by atoms with Crippen molar-refractivity contribution in [3.63, 3.8) is 0 Å². The van der Waals surface area contributed by atoms with Crippen LogP contribution in [-0.2, 0) is 0 Å². The van der Waals surface area contributed by atoms with Gasteiger partial charge in [0.15, 0.2) is 5.78 Å². The zero-order chi connectivity index (χ0) is 15.7. The van der Waals surface area contributed by atoms with Gasteiger partial charge in [-0.3, -0.25) is 9.59 Å². The number of aromatic amines is 1. The number of hydrogen-bond acceptors (Lipinski definition) is 3. The average Bonchev–Trinajstić information content (AvgIpc) is 2.50. The lowest BCUT2D eigenvalue weighted by atomic mass is 10.1. The average molecular weight is 276 g/mol. The highest BCUT2D eigenvalue weighted by atomic mass is 16.1. The largest absolute Gasteiger partial charge is 0.375 e. The number of anilines is 1. The molecular formula is C16H24N2O2. The highest BCUT2D eigenvalue weighted by Gasteiger charge is 2.04. The summed E-state index contributed by atoms with van der Waals surface area (Å²) in [6.07, 6.45) is 0. The minimum absolute atomic E-state index is 0.00631. The van der Waals surface area contributed by atoms with Crippen LogP contribution in [0.4, 0.5) is 5.82 Å². The van der Waals surface area contributed by atoms with Crippen molar-refractivity contribution in [3.05, 3.63) is 40.2 Å². The van der Waals surface area contributed by atoms with Crippen molar-refractivity contribution < 1.29 is 4.79 Å². The lowest BCUT2D eigenvalue weighted by Gasteiger charge is -2.03. The number of rotatable bonds is 2. The summed E-state index contributed by atoms with van der Waals surface area (Å²) in [7, 11) is 1.73. The molecule has 2 N–H and O–H groups in total. The number of benzene rings is 1. The molecule has 0 aliphatic rings. The van der Waals surface area contributed by atoms with Gasteiger partial charge >= 0.3 is 0 Å². The van der Waals surface area contributed by atoms with Crippen LogP contribution >= 0.6 is 0 Å². The Morgan fingerprint density at radius 1 is 1.10 bits per heavy atom. The van der Waals surface area contributed by atoms with Crippen LogP contribution in [-0.4, -0.2) is 17.8 Å². The first-order valence-electron chi connectivity index (χ1n) is 6.97. The molecule has 2 aromatic rings. The standard InChI is InChI=1S/C12H12N2O2.2C2H6/c1-7(15)8-3-4-10-9(5-8)6-11(13-2)14-12(10)16;2*1-2/h3-6H,1-2H3,(H2,13,14,16);2*1-2H3. The Morgan fingerprint density at radius 2 is 1.70 bits per heavy atom. The number of carbonyl (C=O) groups excluding carboxylic acids is 1. The predicted octanol–water partition coefficient (Wildman–Crippen LogP) is 3.82. The Kier molecular flexibility index (Phi) is 7.97. The minimum Gasteiger partial charge on any atom is -0.375 e. The molecule has 2 rings (SSSR count). The molecule has 1 heterocycles. The first-order valence-corrected chi connectivity index (χ1v) is 6.97. The number of nitrogens with one attached hydrogen (secondary N) is 2. The Morgan fingerprint density at radius 3 is 2.20 bits per heavy atom. The van der Waals surface area contributed by atoms with Gasteiger partial charge in [0.2, 0.25) is 0 Å². The van der Waals surface area contributed by atoms with Crippen LogP contribution in [0.3, 0.4) is 0 Å². The van der Waals surface area contributed by atoms with Crippen LogP contribution in [0.2, 0.25) is 0 Å². The first-order chi connectivity index (χ1) is 9.61. The topological polar surface area (TPSA) is 62.0 Å². The number of aromatic nitrogens is 1. The number of fused-ring (bicyclic) bond motifs is 1. The molecule has 0 aliphatic heterocycles. The van der Waals surface area contributed by atoms with Gasteiger partial charge in [-0.2, -0.15) is 0 Å². The quantitative estimate of drug-likeness (QED) is 0.819. The zero-order valence-electron chi connectivity index (χ0n) is 13.1. The molecule has 0 radical (unpaired) electrons. The maximum Gasteiger partial charge on any atom is 0.257 e. The molecular weight excluding hydrogens is 252 g/mol. The Hall–Kier alpha value is -2.10. The normalized spacial score (nSPS) is 8.90. The van der Waals surface area contributed by atoms with Crippen molar-refractivity contribution in [3.8, 4) is 0 Å². The summed E-state index contributed by atoms with van der Waals surface area (Å²) < 4.78 is 0. The number of carbonyl (C=O) groups is 1. The highest BCUT2D eigenvalue weighted by molar-refractivity contribution is 5.98. The van der Waals surface area contributed by atoms with Crippen molar-refractivity contribution in [1.82, 2.24) is 4.98 Å². The molecule has 0 bridgehead atoms. The van der Waals surface area contributed by atoms with Crippen LogP contribution in [0.5, 0.6) is 0 Å². The smallest absolute Gasteiger partial charge is 0.257 e. The van der Waals surface area contributed by atoms with Crippen molar-refractivity contribution in [2.24, 2.45) is 0 Å². The number of H-pyrrole nitrogens is 1. The third-order valence-corrected chi connectivity index (χ3v) is 2.52. The summed E-state index contributed by atoms with van der Waals surface area (Å²) in [5, 5.41) is 4.22. The van der Waals surface area contributed by atoms with Gasteiger partial charge in [-0.1, -0.05) is 33.8 Å². The minimum atomic E-state index is -0.156. The van der Waals surface area contributed by atoms with E-state index in [2.05, 4.69) is 10.3 Å². The highest BCUT2D eigenvalue weighted by Crippen LogP contribution is 2.15. The fourth-order valence-corrected chi connectivity index (χ4v) is 1.62. The van der Waals surface area contributed by atoms with Gasteiger partial charge in [0.1, 0.15) is 5.82 Å². The molecule has 0 spiro atoms.